The SMILES string of the molecule is CCCCCC1CCC(CO/C(C)=C/C=C(C)/C(CC)=C(F)/C(F)=C(\C)OC)CO1. The lowest BCUT2D eigenvalue weighted by Gasteiger charge is -2.29. The second kappa shape index (κ2) is 14.4. The normalized spacial score (nSPS) is 22.4. The van der Waals surface area contributed by atoms with Gasteiger partial charge in [0.15, 0.2) is 11.7 Å². The Morgan fingerprint density at radius 1 is 1.03 bits per heavy atom. The van der Waals surface area contributed by atoms with E-state index in [4.69, 9.17) is 14.2 Å². The molecule has 0 aliphatic carbocycles. The average Bonchev–Trinajstić information content (AvgIpc) is 2.76. The predicted octanol–water partition coefficient (Wildman–Crippen LogP) is 7.71. The highest BCUT2D eigenvalue weighted by Crippen LogP contribution is 2.28. The Hall–Kier alpha value is -1.62. The predicted molar refractivity (Wildman–Crippen MR) is 119 cm³/mol. The first-order valence-electron chi connectivity index (χ1n) is 11.2. The van der Waals surface area contributed by atoms with Crippen LogP contribution in [0.5, 0.6) is 0 Å². The van der Waals surface area contributed by atoms with Crippen molar-refractivity contribution >= 4 is 0 Å². The Morgan fingerprint density at radius 2 is 1.77 bits per heavy atom. The summed E-state index contributed by atoms with van der Waals surface area (Å²) in [4.78, 5) is 0. The van der Waals surface area contributed by atoms with Crippen molar-refractivity contribution in [1.82, 2.24) is 0 Å². The molecule has 0 radical (unpaired) electrons. The molecule has 1 rings (SSSR count). The maximum atomic E-state index is 14.5. The first-order valence-corrected chi connectivity index (χ1v) is 11.2. The zero-order valence-corrected chi connectivity index (χ0v) is 19.7. The van der Waals surface area contributed by atoms with Gasteiger partial charge in [0.05, 0.1) is 32.2 Å². The number of halogens is 2. The number of unbranched alkanes of at least 4 members (excludes halogenated alkanes) is 2. The van der Waals surface area contributed by atoms with Crippen molar-refractivity contribution in [3.05, 3.63) is 46.5 Å². The van der Waals surface area contributed by atoms with E-state index >= 15 is 0 Å². The van der Waals surface area contributed by atoms with Gasteiger partial charge in [0.25, 0.3) is 0 Å². The molecule has 0 N–H and O–H groups in total. The van der Waals surface area contributed by atoms with Crippen molar-refractivity contribution in [1.29, 1.82) is 0 Å². The van der Waals surface area contributed by atoms with Crippen molar-refractivity contribution < 1.29 is 23.0 Å². The molecule has 0 saturated carbocycles. The third kappa shape index (κ3) is 9.03. The number of hydrogen-bond acceptors (Lipinski definition) is 3. The summed E-state index contributed by atoms with van der Waals surface area (Å²) >= 11 is 0. The zero-order chi connectivity index (χ0) is 22.5. The maximum Gasteiger partial charge on any atom is 0.196 e. The Balaban J connectivity index is 2.59. The molecule has 0 aromatic rings. The maximum absolute atomic E-state index is 14.5. The Morgan fingerprint density at radius 3 is 2.33 bits per heavy atom. The van der Waals surface area contributed by atoms with Crippen molar-refractivity contribution in [2.75, 3.05) is 20.3 Å². The van der Waals surface area contributed by atoms with Crippen molar-refractivity contribution in [2.24, 2.45) is 5.92 Å². The summed E-state index contributed by atoms with van der Waals surface area (Å²) in [6, 6.07) is 0. The largest absolute Gasteiger partial charge is 0.498 e. The molecular weight excluding hydrogens is 386 g/mol. The van der Waals surface area contributed by atoms with Crippen LogP contribution in [0.15, 0.2) is 46.5 Å². The molecule has 0 amide bonds. The standard InChI is InChI=1S/C25H40F2O3/c1-7-9-10-11-22-15-14-21(17-30-22)16-29-19(4)13-12-18(3)23(8-2)25(27)24(26)20(5)28-6/h12-13,21-22H,7-11,14-17H2,1-6H3/b18-12+,19-13+,24-20-,25-23-. The smallest absolute Gasteiger partial charge is 0.196 e. The molecule has 5 heteroatoms. The minimum atomic E-state index is -0.954. The molecular formula is C25H40F2O3. The van der Waals surface area contributed by atoms with Gasteiger partial charge in [-0.3, -0.25) is 0 Å². The summed E-state index contributed by atoms with van der Waals surface area (Å²) in [7, 11) is 1.32. The van der Waals surface area contributed by atoms with E-state index in [1.807, 2.05) is 6.92 Å². The van der Waals surface area contributed by atoms with Crippen LogP contribution in [0.3, 0.4) is 0 Å². The lowest BCUT2D eigenvalue weighted by Crippen LogP contribution is -2.28. The summed E-state index contributed by atoms with van der Waals surface area (Å²) in [6.07, 6.45) is 11.5. The molecule has 0 bridgehead atoms. The van der Waals surface area contributed by atoms with Crippen LogP contribution in [0, 0.1) is 5.92 Å². The topological polar surface area (TPSA) is 27.7 Å². The van der Waals surface area contributed by atoms with Crippen LogP contribution in [0.2, 0.25) is 0 Å². The molecule has 172 valence electrons. The third-order valence-corrected chi connectivity index (χ3v) is 5.61. The second-order valence-electron chi connectivity index (χ2n) is 8.05. The van der Waals surface area contributed by atoms with Gasteiger partial charge in [0.1, 0.15) is 5.76 Å². The highest BCUT2D eigenvalue weighted by molar-refractivity contribution is 5.40. The molecule has 0 aromatic carbocycles. The van der Waals surface area contributed by atoms with Gasteiger partial charge in [0, 0.05) is 5.92 Å². The molecule has 0 aromatic heterocycles. The van der Waals surface area contributed by atoms with Gasteiger partial charge in [-0.1, -0.05) is 39.2 Å². The molecule has 1 heterocycles. The van der Waals surface area contributed by atoms with Gasteiger partial charge in [-0.15, -0.1) is 0 Å². The van der Waals surface area contributed by atoms with Gasteiger partial charge >= 0.3 is 0 Å². The highest BCUT2D eigenvalue weighted by Gasteiger charge is 2.21. The number of methoxy groups -OCH3 is 1. The Labute approximate surface area is 181 Å². The quantitative estimate of drug-likeness (QED) is 0.182. The summed E-state index contributed by atoms with van der Waals surface area (Å²) in [6.45, 7) is 10.4. The minimum absolute atomic E-state index is 0.0661. The van der Waals surface area contributed by atoms with Crippen LogP contribution in [0.25, 0.3) is 0 Å². The fraction of sp³-hybridized carbons (Fsp3) is 0.680. The second-order valence-corrected chi connectivity index (χ2v) is 8.05. The zero-order valence-electron chi connectivity index (χ0n) is 19.7. The van der Waals surface area contributed by atoms with Crippen LogP contribution in [0.4, 0.5) is 8.78 Å². The van der Waals surface area contributed by atoms with E-state index < -0.39 is 11.7 Å². The average molecular weight is 427 g/mol. The van der Waals surface area contributed by atoms with E-state index in [0.29, 0.717) is 36.2 Å². The molecule has 1 aliphatic heterocycles. The van der Waals surface area contributed by atoms with E-state index in [0.717, 1.165) is 31.6 Å². The van der Waals surface area contributed by atoms with E-state index in [1.165, 1.54) is 33.3 Å². The van der Waals surface area contributed by atoms with Crippen LogP contribution in [0.1, 0.15) is 79.6 Å². The first-order chi connectivity index (χ1) is 14.3. The minimum Gasteiger partial charge on any atom is -0.498 e. The van der Waals surface area contributed by atoms with Gasteiger partial charge in [-0.05, 0) is 63.7 Å². The van der Waals surface area contributed by atoms with Crippen molar-refractivity contribution in [3.8, 4) is 0 Å². The van der Waals surface area contributed by atoms with Gasteiger partial charge < -0.3 is 14.2 Å². The number of rotatable bonds is 12. The van der Waals surface area contributed by atoms with Gasteiger partial charge in [-0.2, -0.15) is 0 Å². The molecule has 2 unspecified atom stereocenters. The summed E-state index contributed by atoms with van der Waals surface area (Å²) < 4.78 is 45.2. The molecule has 1 saturated heterocycles. The molecule has 1 fully saturated rings. The molecule has 3 nitrogen and oxygen atoms in total. The number of hydrogen-bond donors (Lipinski definition) is 0. The van der Waals surface area contributed by atoms with E-state index in [-0.39, 0.29) is 5.76 Å². The summed E-state index contributed by atoms with van der Waals surface area (Å²) in [5.74, 6) is -0.738. The molecule has 1 aliphatic rings. The van der Waals surface area contributed by atoms with Crippen LogP contribution < -0.4 is 0 Å². The van der Waals surface area contributed by atoms with Crippen LogP contribution in [-0.2, 0) is 14.2 Å². The number of ether oxygens (including phenoxy) is 3. The van der Waals surface area contributed by atoms with E-state index in [1.54, 1.807) is 26.0 Å². The van der Waals surface area contributed by atoms with Crippen LogP contribution in [-0.4, -0.2) is 26.4 Å². The van der Waals surface area contributed by atoms with E-state index in [9.17, 15) is 8.78 Å². The Bertz CT molecular complexity index is 639. The van der Waals surface area contributed by atoms with Crippen LogP contribution >= 0.6 is 0 Å². The lowest BCUT2D eigenvalue weighted by atomic mass is 9.96. The highest BCUT2D eigenvalue weighted by atomic mass is 19.2. The van der Waals surface area contributed by atoms with Crippen molar-refractivity contribution in [2.45, 2.75) is 85.7 Å². The summed E-state index contributed by atoms with van der Waals surface area (Å²) in [5.41, 5.74) is 0.982. The van der Waals surface area contributed by atoms with Crippen molar-refractivity contribution in [3.63, 3.8) is 0 Å². The van der Waals surface area contributed by atoms with E-state index in [2.05, 4.69) is 6.92 Å². The Kier molecular flexibility index (Phi) is 12.7. The van der Waals surface area contributed by atoms with Gasteiger partial charge in [0.2, 0.25) is 0 Å². The van der Waals surface area contributed by atoms with Gasteiger partial charge in [-0.25, -0.2) is 8.78 Å². The number of allylic oxidation sites excluding steroid dienone is 8. The first kappa shape index (κ1) is 26.4. The summed E-state index contributed by atoms with van der Waals surface area (Å²) in [5, 5.41) is 0. The molecule has 2 atom stereocenters. The molecule has 0 spiro atoms. The fourth-order valence-corrected chi connectivity index (χ4v) is 3.47. The fourth-order valence-electron chi connectivity index (χ4n) is 3.47. The molecule has 30 heavy (non-hydrogen) atoms. The lowest BCUT2D eigenvalue weighted by molar-refractivity contribution is -0.0379. The monoisotopic (exact) mass is 426 g/mol. The third-order valence-electron chi connectivity index (χ3n) is 5.61.